The molecule has 8 heteroatoms. The van der Waals surface area contributed by atoms with E-state index < -0.39 is 10.0 Å². The van der Waals surface area contributed by atoms with Gasteiger partial charge < -0.3 is 4.52 Å². The van der Waals surface area contributed by atoms with E-state index >= 15 is 0 Å². The third-order valence-corrected chi connectivity index (χ3v) is 6.45. The lowest BCUT2D eigenvalue weighted by Gasteiger charge is -2.16. The number of sulfonamides is 1. The zero-order valence-corrected chi connectivity index (χ0v) is 15.4. The Morgan fingerprint density at radius 2 is 2.00 bits per heavy atom. The van der Waals surface area contributed by atoms with Crippen LogP contribution < -0.4 is 3.82 Å². The van der Waals surface area contributed by atoms with Crippen LogP contribution in [0.3, 0.4) is 0 Å². The molecule has 0 spiro atoms. The smallest absolute Gasteiger partial charge is 0.248 e. The Morgan fingerprint density at radius 1 is 1.32 bits per heavy atom. The fourth-order valence-electron chi connectivity index (χ4n) is 2.51. The number of halogens is 1. The maximum atomic E-state index is 12.6. The van der Waals surface area contributed by atoms with Crippen LogP contribution in [-0.2, 0) is 10.0 Å². The van der Waals surface area contributed by atoms with Crippen molar-refractivity contribution in [2.24, 2.45) is 0 Å². The van der Waals surface area contributed by atoms with Crippen LogP contribution in [0.25, 0.3) is 0 Å². The molecule has 134 valence electrons. The Hall–Kier alpha value is -1.86. The van der Waals surface area contributed by atoms with Crippen molar-refractivity contribution in [3.8, 4) is 0 Å². The van der Waals surface area contributed by atoms with Crippen LogP contribution in [0.2, 0.25) is 0 Å². The van der Waals surface area contributed by atoms with Crippen molar-refractivity contribution < 1.29 is 17.7 Å². The van der Waals surface area contributed by atoms with Crippen molar-refractivity contribution in [1.82, 2.24) is 5.16 Å². The second-order valence-electron chi connectivity index (χ2n) is 6.14. The first kappa shape index (κ1) is 17.9. The standard InChI is InChI=1S/C17H19ClN2O4S/c1-2-3-10-25(22,23)20(18)14-8-6-12(7-9-14)16(21)15-11-19-24-17(15)13-4-5-13/h6-9,11,13H,2-5,10H2,1H3. The molecule has 0 amide bonds. The van der Waals surface area contributed by atoms with Crippen LogP contribution in [0, 0.1) is 0 Å². The Labute approximate surface area is 151 Å². The maximum absolute atomic E-state index is 12.6. The van der Waals surface area contributed by atoms with Gasteiger partial charge in [-0.3, -0.25) is 4.79 Å². The number of anilines is 1. The number of nitrogens with zero attached hydrogens (tertiary/aromatic N) is 2. The van der Waals surface area contributed by atoms with E-state index in [1.54, 1.807) is 12.1 Å². The highest BCUT2D eigenvalue weighted by molar-refractivity contribution is 7.94. The first-order valence-electron chi connectivity index (χ1n) is 8.22. The molecule has 1 aliphatic rings. The number of unbranched alkanes of at least 4 members (excludes halogenated alkanes) is 1. The summed E-state index contributed by atoms with van der Waals surface area (Å²) in [5.74, 6) is 0.710. The molecular weight excluding hydrogens is 364 g/mol. The Morgan fingerprint density at radius 3 is 2.60 bits per heavy atom. The van der Waals surface area contributed by atoms with E-state index in [1.807, 2.05) is 6.92 Å². The fraction of sp³-hybridized carbons (Fsp3) is 0.412. The van der Waals surface area contributed by atoms with E-state index in [1.165, 1.54) is 18.3 Å². The van der Waals surface area contributed by atoms with Crippen molar-refractivity contribution in [3.05, 3.63) is 47.3 Å². The molecule has 2 aromatic rings. The summed E-state index contributed by atoms with van der Waals surface area (Å²) in [4.78, 5) is 12.6. The zero-order chi connectivity index (χ0) is 18.0. The van der Waals surface area contributed by atoms with Gasteiger partial charge in [-0.05, 0) is 43.5 Å². The number of hydrogen-bond donors (Lipinski definition) is 0. The third-order valence-electron chi connectivity index (χ3n) is 4.12. The van der Waals surface area contributed by atoms with Gasteiger partial charge in [0.25, 0.3) is 0 Å². The van der Waals surface area contributed by atoms with Gasteiger partial charge in [-0.2, -0.15) is 3.82 Å². The quantitative estimate of drug-likeness (QED) is 0.511. The van der Waals surface area contributed by atoms with Crippen molar-refractivity contribution in [2.75, 3.05) is 9.58 Å². The highest BCUT2D eigenvalue weighted by Gasteiger charge is 2.32. The molecule has 3 rings (SSSR count). The predicted molar refractivity (Wildman–Crippen MR) is 95.4 cm³/mol. The molecule has 1 fully saturated rings. The van der Waals surface area contributed by atoms with Gasteiger partial charge in [0.2, 0.25) is 10.0 Å². The minimum Gasteiger partial charge on any atom is -0.360 e. The normalized spacial score (nSPS) is 14.5. The van der Waals surface area contributed by atoms with Crippen molar-refractivity contribution in [1.29, 1.82) is 0 Å². The summed E-state index contributed by atoms with van der Waals surface area (Å²) in [7, 11) is -3.57. The van der Waals surface area contributed by atoms with E-state index in [0.29, 0.717) is 29.0 Å². The predicted octanol–water partition coefficient (Wildman–Crippen LogP) is 3.87. The van der Waals surface area contributed by atoms with Crippen LogP contribution in [0.1, 0.15) is 60.2 Å². The average Bonchev–Trinajstić information content (AvgIpc) is 3.35. The van der Waals surface area contributed by atoms with E-state index in [9.17, 15) is 13.2 Å². The van der Waals surface area contributed by atoms with E-state index in [0.717, 1.165) is 23.1 Å². The number of hydrogen-bond acceptors (Lipinski definition) is 5. The molecule has 1 saturated carbocycles. The molecule has 1 aromatic heterocycles. The number of ketones is 1. The molecule has 6 nitrogen and oxygen atoms in total. The maximum Gasteiger partial charge on any atom is 0.248 e. The minimum atomic E-state index is -3.57. The molecule has 0 unspecified atom stereocenters. The number of benzene rings is 1. The summed E-state index contributed by atoms with van der Waals surface area (Å²) in [6.45, 7) is 1.91. The lowest BCUT2D eigenvalue weighted by Crippen LogP contribution is -2.24. The van der Waals surface area contributed by atoms with Gasteiger partial charge in [0, 0.05) is 23.3 Å². The lowest BCUT2D eigenvalue weighted by atomic mass is 10.0. The molecule has 0 atom stereocenters. The summed E-state index contributed by atoms with van der Waals surface area (Å²) in [5.41, 5.74) is 1.21. The summed E-state index contributed by atoms with van der Waals surface area (Å²) in [6.07, 6.45) is 4.75. The monoisotopic (exact) mass is 382 g/mol. The fourth-order valence-corrected chi connectivity index (χ4v) is 4.09. The van der Waals surface area contributed by atoms with Crippen molar-refractivity contribution in [2.45, 2.75) is 38.5 Å². The molecule has 0 saturated heterocycles. The van der Waals surface area contributed by atoms with Gasteiger partial charge in [0.1, 0.15) is 0 Å². The molecular formula is C17H19ClN2O4S. The Bertz CT molecular complexity index is 857. The first-order chi connectivity index (χ1) is 11.9. The van der Waals surface area contributed by atoms with Crippen LogP contribution in [-0.4, -0.2) is 25.1 Å². The molecule has 25 heavy (non-hydrogen) atoms. The van der Waals surface area contributed by atoms with Gasteiger partial charge >= 0.3 is 0 Å². The number of aromatic nitrogens is 1. The lowest BCUT2D eigenvalue weighted by molar-refractivity contribution is 0.103. The number of rotatable bonds is 8. The number of carbonyl (C=O) groups excluding carboxylic acids is 1. The average molecular weight is 383 g/mol. The summed E-state index contributed by atoms with van der Waals surface area (Å²) < 4.78 is 30.2. The highest BCUT2D eigenvalue weighted by atomic mass is 35.5. The summed E-state index contributed by atoms with van der Waals surface area (Å²) >= 11 is 5.98. The van der Waals surface area contributed by atoms with E-state index in [4.69, 9.17) is 16.3 Å². The topological polar surface area (TPSA) is 80.5 Å². The molecule has 1 aliphatic carbocycles. The Balaban J connectivity index is 1.78. The van der Waals surface area contributed by atoms with Crippen molar-refractivity contribution in [3.63, 3.8) is 0 Å². The minimum absolute atomic E-state index is 0.0148. The zero-order valence-electron chi connectivity index (χ0n) is 13.8. The van der Waals surface area contributed by atoms with Crippen molar-refractivity contribution >= 4 is 33.3 Å². The summed E-state index contributed by atoms with van der Waals surface area (Å²) in [6, 6.07) is 6.17. The summed E-state index contributed by atoms with van der Waals surface area (Å²) in [5, 5.41) is 3.73. The third kappa shape index (κ3) is 3.88. The van der Waals surface area contributed by atoms with Gasteiger partial charge in [-0.1, -0.05) is 18.5 Å². The first-order valence-corrected chi connectivity index (χ1v) is 10.2. The highest BCUT2D eigenvalue weighted by Crippen LogP contribution is 2.42. The second-order valence-corrected chi connectivity index (χ2v) is 8.61. The second kappa shape index (κ2) is 7.17. The SMILES string of the molecule is CCCCS(=O)(=O)N(Cl)c1ccc(C(=O)c2cnoc2C2CC2)cc1. The van der Waals surface area contributed by atoms with Crippen LogP contribution in [0.4, 0.5) is 5.69 Å². The molecule has 0 bridgehead atoms. The van der Waals surface area contributed by atoms with Crippen LogP contribution in [0.15, 0.2) is 35.0 Å². The van der Waals surface area contributed by atoms with Gasteiger partial charge in [-0.15, -0.1) is 0 Å². The van der Waals surface area contributed by atoms with Crippen LogP contribution >= 0.6 is 11.8 Å². The number of carbonyl (C=O) groups is 1. The largest absolute Gasteiger partial charge is 0.360 e. The van der Waals surface area contributed by atoms with Gasteiger partial charge in [0.05, 0.1) is 23.2 Å². The Kier molecular flexibility index (Phi) is 5.15. The molecule has 0 radical (unpaired) electrons. The van der Waals surface area contributed by atoms with Gasteiger partial charge in [0.15, 0.2) is 11.5 Å². The van der Waals surface area contributed by atoms with E-state index in [2.05, 4.69) is 5.16 Å². The molecule has 1 heterocycles. The van der Waals surface area contributed by atoms with Gasteiger partial charge in [-0.25, -0.2) is 8.42 Å². The van der Waals surface area contributed by atoms with E-state index in [-0.39, 0.29) is 17.5 Å². The molecule has 1 aromatic carbocycles. The molecule has 0 aliphatic heterocycles. The van der Waals surface area contributed by atoms with Crippen LogP contribution in [0.5, 0.6) is 0 Å². The molecule has 0 N–H and O–H groups in total.